The highest BCUT2D eigenvalue weighted by atomic mass is 15.3. The quantitative estimate of drug-likeness (QED) is 0.755. The third-order valence-corrected chi connectivity index (χ3v) is 3.75. The third-order valence-electron chi connectivity index (χ3n) is 3.75. The highest BCUT2D eigenvalue weighted by molar-refractivity contribution is 5.76. The van der Waals surface area contributed by atoms with Gasteiger partial charge in [-0.15, -0.1) is 15.3 Å². The van der Waals surface area contributed by atoms with Gasteiger partial charge in [0, 0.05) is 49.3 Å². The highest BCUT2D eigenvalue weighted by Crippen LogP contribution is 2.37. The molecule has 0 spiro atoms. The molecule has 0 atom stereocenters. The first-order valence-corrected chi connectivity index (χ1v) is 7.96. The largest absolute Gasteiger partial charge is 0.361 e. The van der Waals surface area contributed by atoms with Gasteiger partial charge in [0.25, 0.3) is 0 Å². The molecule has 10 heteroatoms. The van der Waals surface area contributed by atoms with Gasteiger partial charge in [0.1, 0.15) is 11.6 Å². The Balaban J connectivity index is 2.65. The number of nitrogens with zero attached hydrogens (tertiary/aromatic N) is 10. The fourth-order valence-corrected chi connectivity index (χ4v) is 2.22. The van der Waals surface area contributed by atoms with Gasteiger partial charge in [0.2, 0.25) is 11.8 Å². The summed E-state index contributed by atoms with van der Waals surface area (Å²) in [4.78, 5) is 14.7. The van der Waals surface area contributed by atoms with Crippen LogP contribution in [0.3, 0.4) is 0 Å². The first kappa shape index (κ1) is 19.1. The molecule has 0 N–H and O–H groups in total. The number of azo groups is 1. The molecule has 2 heterocycles. The number of anilines is 3. The van der Waals surface area contributed by atoms with E-state index in [0.29, 0.717) is 28.8 Å². The Labute approximate surface area is 153 Å². The van der Waals surface area contributed by atoms with Crippen molar-refractivity contribution in [2.45, 2.75) is 6.92 Å². The van der Waals surface area contributed by atoms with Crippen LogP contribution >= 0.6 is 0 Å². The highest BCUT2D eigenvalue weighted by Gasteiger charge is 2.19. The van der Waals surface area contributed by atoms with Crippen LogP contribution in [-0.2, 0) is 7.05 Å². The van der Waals surface area contributed by atoms with Gasteiger partial charge in [-0.05, 0) is 6.92 Å². The van der Waals surface area contributed by atoms with Crippen LogP contribution in [0.1, 0.15) is 11.3 Å². The molecule has 2 aromatic rings. The van der Waals surface area contributed by atoms with E-state index < -0.39 is 0 Å². The van der Waals surface area contributed by atoms with Gasteiger partial charge in [-0.2, -0.15) is 15.2 Å². The van der Waals surface area contributed by atoms with Crippen LogP contribution < -0.4 is 14.7 Å². The van der Waals surface area contributed by atoms with Crippen molar-refractivity contribution in [3.8, 4) is 6.07 Å². The molecule has 0 aromatic carbocycles. The number of hydrogen-bond donors (Lipinski definition) is 0. The summed E-state index contributed by atoms with van der Waals surface area (Å²) >= 11 is 0. The number of nitriles is 1. The lowest BCUT2D eigenvalue weighted by Gasteiger charge is -2.22. The van der Waals surface area contributed by atoms with Gasteiger partial charge < -0.3 is 14.7 Å². The maximum absolute atomic E-state index is 9.34. The number of rotatable bonds is 5. The third kappa shape index (κ3) is 3.56. The molecule has 0 fully saturated rings. The van der Waals surface area contributed by atoms with Crippen molar-refractivity contribution in [2.24, 2.45) is 17.3 Å². The average molecular weight is 356 g/mol. The summed E-state index contributed by atoms with van der Waals surface area (Å²) in [7, 11) is 13.0. The average Bonchev–Trinajstić information content (AvgIpc) is 2.85. The zero-order valence-electron chi connectivity index (χ0n) is 16.5. The molecule has 0 aliphatic carbocycles. The number of hydrogen-bond acceptors (Lipinski definition) is 9. The van der Waals surface area contributed by atoms with Crippen LogP contribution in [0.15, 0.2) is 10.2 Å². The molecule has 0 aliphatic heterocycles. The molecule has 26 heavy (non-hydrogen) atoms. The molecule has 0 amide bonds. The molecule has 10 nitrogen and oxygen atoms in total. The van der Waals surface area contributed by atoms with E-state index in [1.54, 1.807) is 11.7 Å². The van der Waals surface area contributed by atoms with E-state index in [0.717, 1.165) is 5.69 Å². The Morgan fingerprint density at radius 1 is 0.923 bits per heavy atom. The van der Waals surface area contributed by atoms with Gasteiger partial charge in [-0.25, -0.2) is 0 Å². The Kier molecular flexibility index (Phi) is 5.40. The van der Waals surface area contributed by atoms with E-state index in [-0.39, 0.29) is 5.82 Å². The first-order valence-electron chi connectivity index (χ1n) is 7.96. The van der Waals surface area contributed by atoms with Crippen LogP contribution in [0.25, 0.3) is 0 Å². The molecule has 0 radical (unpaired) electrons. The van der Waals surface area contributed by atoms with Gasteiger partial charge in [0.15, 0.2) is 17.3 Å². The summed E-state index contributed by atoms with van der Waals surface area (Å²) in [5, 5.41) is 22.2. The van der Waals surface area contributed by atoms with Gasteiger partial charge in [0.05, 0.1) is 5.69 Å². The second-order valence-corrected chi connectivity index (χ2v) is 6.42. The van der Waals surface area contributed by atoms with Crippen molar-refractivity contribution in [3.63, 3.8) is 0 Å². The maximum Gasteiger partial charge on any atom is 0.228 e. The van der Waals surface area contributed by atoms with E-state index in [1.165, 1.54) is 0 Å². The molecule has 2 rings (SSSR count). The number of aromatic nitrogens is 4. The fourth-order valence-electron chi connectivity index (χ4n) is 2.22. The minimum atomic E-state index is 0.276. The van der Waals surface area contributed by atoms with Crippen LogP contribution in [0.4, 0.5) is 29.1 Å². The van der Waals surface area contributed by atoms with Crippen molar-refractivity contribution < 1.29 is 0 Å². The van der Waals surface area contributed by atoms with Gasteiger partial charge in [-0.1, -0.05) is 0 Å². The monoisotopic (exact) mass is 356 g/mol. The number of aryl methyl sites for hydroxylation is 1. The standard InChI is InChI=1S/C16H24N10/c1-10-11(9-17)13(22-26(10)8)21-20-12-14(23(2)3)18-16(25(6)7)19-15(12)24(4)5/h1-8H3. The van der Waals surface area contributed by atoms with Crippen LogP contribution in [0.5, 0.6) is 0 Å². The minimum Gasteiger partial charge on any atom is -0.361 e. The van der Waals surface area contributed by atoms with E-state index in [1.807, 2.05) is 63.9 Å². The molecule has 2 aromatic heterocycles. The lowest BCUT2D eigenvalue weighted by atomic mass is 10.3. The van der Waals surface area contributed by atoms with Crippen LogP contribution in [0, 0.1) is 18.3 Å². The lowest BCUT2D eigenvalue weighted by molar-refractivity contribution is 0.739. The van der Waals surface area contributed by atoms with Gasteiger partial charge >= 0.3 is 0 Å². The molecular formula is C16H24N10. The normalized spacial score (nSPS) is 10.9. The molecule has 0 unspecified atom stereocenters. The van der Waals surface area contributed by atoms with Crippen molar-refractivity contribution in [2.75, 3.05) is 57.0 Å². The smallest absolute Gasteiger partial charge is 0.228 e. The predicted molar refractivity (Wildman–Crippen MR) is 102 cm³/mol. The van der Waals surface area contributed by atoms with Gasteiger partial charge in [-0.3, -0.25) is 4.68 Å². The topological polar surface area (TPSA) is 102 Å². The van der Waals surface area contributed by atoms with E-state index in [2.05, 4.69) is 31.4 Å². The summed E-state index contributed by atoms with van der Waals surface area (Å²) in [6.07, 6.45) is 0. The molecule has 138 valence electrons. The Hall–Kier alpha value is -3.22. The summed E-state index contributed by atoms with van der Waals surface area (Å²) in [5.74, 6) is 2.10. The van der Waals surface area contributed by atoms with Crippen molar-refractivity contribution >= 4 is 29.1 Å². The van der Waals surface area contributed by atoms with E-state index >= 15 is 0 Å². The Morgan fingerprint density at radius 3 is 1.88 bits per heavy atom. The Morgan fingerprint density at radius 2 is 1.46 bits per heavy atom. The van der Waals surface area contributed by atoms with Crippen LogP contribution in [-0.4, -0.2) is 62.0 Å². The van der Waals surface area contributed by atoms with E-state index in [4.69, 9.17) is 0 Å². The van der Waals surface area contributed by atoms with Crippen molar-refractivity contribution in [1.82, 2.24) is 19.7 Å². The molecule has 0 saturated heterocycles. The minimum absolute atomic E-state index is 0.276. The second kappa shape index (κ2) is 7.35. The predicted octanol–water partition coefficient (Wildman–Crippen LogP) is 2.00. The summed E-state index contributed by atoms with van der Waals surface area (Å²) in [6.45, 7) is 1.82. The molecule has 0 aliphatic rings. The zero-order valence-corrected chi connectivity index (χ0v) is 16.5. The fraction of sp³-hybridized carbons (Fsp3) is 0.500. The molecule has 0 bridgehead atoms. The molecular weight excluding hydrogens is 332 g/mol. The molecule has 0 saturated carbocycles. The summed E-state index contributed by atoms with van der Waals surface area (Å²) < 4.78 is 1.61. The Bertz CT molecular complexity index is 841. The van der Waals surface area contributed by atoms with Crippen molar-refractivity contribution in [1.29, 1.82) is 5.26 Å². The maximum atomic E-state index is 9.34. The lowest BCUT2D eigenvalue weighted by Crippen LogP contribution is -2.20. The van der Waals surface area contributed by atoms with E-state index in [9.17, 15) is 5.26 Å². The van der Waals surface area contributed by atoms with Crippen molar-refractivity contribution in [3.05, 3.63) is 11.3 Å². The first-order chi connectivity index (χ1) is 12.2. The van der Waals surface area contributed by atoms with Crippen LogP contribution in [0.2, 0.25) is 0 Å². The zero-order chi connectivity index (χ0) is 19.6. The second-order valence-electron chi connectivity index (χ2n) is 6.42. The SMILES string of the molecule is Cc1c(C#N)c(N=Nc2c(N(C)C)nc(N(C)C)nc2N(C)C)nn1C. The summed E-state index contributed by atoms with van der Waals surface area (Å²) in [6, 6.07) is 2.12. The summed E-state index contributed by atoms with van der Waals surface area (Å²) in [5.41, 5.74) is 1.65.